The third kappa shape index (κ3) is 5.49. The lowest BCUT2D eigenvalue weighted by Gasteiger charge is -2.09. The monoisotopic (exact) mass is 467 g/mol. The normalized spacial score (nSPS) is 10.2. The summed E-state index contributed by atoms with van der Waals surface area (Å²) in [5.41, 5.74) is 1.99. The van der Waals surface area contributed by atoms with Crippen molar-refractivity contribution in [1.82, 2.24) is 5.32 Å². The smallest absolute Gasteiger partial charge is 0.287 e. The molecule has 152 valence electrons. The molecule has 3 rings (SSSR count). The highest BCUT2D eigenvalue weighted by Crippen LogP contribution is 2.20. The molecule has 30 heavy (non-hydrogen) atoms. The molecule has 2 N–H and O–H groups in total. The number of halogens is 1. The molecule has 0 saturated carbocycles. The van der Waals surface area contributed by atoms with Gasteiger partial charge in [0.15, 0.2) is 5.76 Å². The predicted molar refractivity (Wildman–Crippen MR) is 114 cm³/mol. The van der Waals surface area contributed by atoms with Crippen molar-refractivity contribution in [2.45, 2.75) is 13.5 Å². The third-order valence-electron chi connectivity index (χ3n) is 4.13. The average molecular weight is 468 g/mol. The number of furan rings is 1. The van der Waals surface area contributed by atoms with E-state index < -0.39 is 5.91 Å². The van der Waals surface area contributed by atoms with Crippen LogP contribution in [0.4, 0.5) is 5.69 Å². The minimum atomic E-state index is -0.513. The number of ether oxygens (including phenoxy) is 1. The fourth-order valence-electron chi connectivity index (χ4n) is 2.62. The van der Waals surface area contributed by atoms with Gasteiger partial charge in [-0.3, -0.25) is 9.59 Å². The van der Waals surface area contributed by atoms with Crippen LogP contribution >= 0.6 is 15.9 Å². The Morgan fingerprint density at radius 3 is 2.73 bits per heavy atom. The van der Waals surface area contributed by atoms with Gasteiger partial charge in [-0.2, -0.15) is 5.26 Å². The summed E-state index contributed by atoms with van der Waals surface area (Å²) in [6, 6.07) is 17.5. The van der Waals surface area contributed by atoms with Crippen LogP contribution in [0.1, 0.15) is 27.4 Å². The van der Waals surface area contributed by atoms with Crippen LogP contribution < -0.4 is 15.4 Å². The van der Waals surface area contributed by atoms with Crippen LogP contribution in [0.2, 0.25) is 0 Å². The molecule has 0 aliphatic heterocycles. The number of anilines is 1. The van der Waals surface area contributed by atoms with Crippen molar-refractivity contribution in [2.24, 2.45) is 0 Å². The van der Waals surface area contributed by atoms with E-state index in [4.69, 9.17) is 14.4 Å². The maximum atomic E-state index is 12.2. The van der Waals surface area contributed by atoms with E-state index in [1.807, 2.05) is 25.1 Å². The van der Waals surface area contributed by atoms with Gasteiger partial charge in [-0.05, 0) is 55.0 Å². The topological polar surface area (TPSA) is 104 Å². The number of benzene rings is 2. The number of para-hydroxylation sites is 1. The van der Waals surface area contributed by atoms with Crippen molar-refractivity contribution in [2.75, 3.05) is 11.9 Å². The summed E-state index contributed by atoms with van der Waals surface area (Å²) in [6.07, 6.45) is 0. The number of nitriles is 1. The number of carbonyl (C=O) groups excluding carboxylic acids is 2. The van der Waals surface area contributed by atoms with Gasteiger partial charge in [0.2, 0.25) is 5.91 Å². The van der Waals surface area contributed by atoms with Crippen LogP contribution in [0.5, 0.6) is 5.75 Å². The number of nitrogens with zero attached hydrogens (tertiary/aromatic N) is 1. The fraction of sp³-hybridized carbons (Fsp3) is 0.136. The molecule has 0 radical (unpaired) electrons. The number of nitrogens with one attached hydrogen (secondary N) is 2. The summed E-state index contributed by atoms with van der Waals surface area (Å²) in [4.78, 5) is 24.3. The second-order valence-electron chi connectivity index (χ2n) is 6.35. The van der Waals surface area contributed by atoms with Crippen molar-refractivity contribution in [1.29, 1.82) is 5.26 Å². The molecule has 0 aliphatic rings. The second-order valence-corrected chi connectivity index (χ2v) is 7.27. The maximum absolute atomic E-state index is 12.2. The fourth-order valence-corrected chi connectivity index (χ4v) is 3.10. The molecule has 0 unspecified atom stereocenters. The van der Waals surface area contributed by atoms with Crippen molar-refractivity contribution < 1.29 is 18.7 Å². The van der Waals surface area contributed by atoms with E-state index in [9.17, 15) is 9.59 Å². The van der Waals surface area contributed by atoms with Gasteiger partial charge in [0, 0.05) is 10.2 Å². The van der Waals surface area contributed by atoms with Crippen LogP contribution in [-0.4, -0.2) is 18.4 Å². The van der Waals surface area contributed by atoms with Crippen molar-refractivity contribution in [3.8, 4) is 11.8 Å². The largest absolute Gasteiger partial charge is 0.484 e. The summed E-state index contributed by atoms with van der Waals surface area (Å²) in [6.45, 7) is 1.74. The van der Waals surface area contributed by atoms with Crippen LogP contribution in [0.25, 0.3) is 0 Å². The average Bonchev–Trinajstić information content (AvgIpc) is 3.22. The lowest BCUT2D eigenvalue weighted by molar-refractivity contribution is -0.115. The molecule has 0 fully saturated rings. The molecule has 2 aromatic carbocycles. The van der Waals surface area contributed by atoms with Crippen molar-refractivity contribution >= 4 is 33.4 Å². The Morgan fingerprint density at radius 1 is 1.17 bits per heavy atom. The predicted octanol–water partition coefficient (Wildman–Crippen LogP) is 4.17. The lowest BCUT2D eigenvalue weighted by Crippen LogP contribution is -2.32. The minimum absolute atomic E-state index is 0.0646. The Bertz CT molecular complexity index is 1120. The quantitative estimate of drug-likeness (QED) is 0.542. The Kier molecular flexibility index (Phi) is 6.88. The third-order valence-corrected chi connectivity index (χ3v) is 4.63. The van der Waals surface area contributed by atoms with Crippen LogP contribution in [0, 0.1) is 18.3 Å². The molecular formula is C22H18BrN3O4. The molecule has 7 nitrogen and oxygen atoms in total. The Hall–Kier alpha value is -3.57. The number of hydrogen-bond acceptors (Lipinski definition) is 5. The minimum Gasteiger partial charge on any atom is -0.484 e. The van der Waals surface area contributed by atoms with E-state index in [-0.39, 0.29) is 24.8 Å². The van der Waals surface area contributed by atoms with Crippen molar-refractivity contribution in [3.63, 3.8) is 0 Å². The first-order chi connectivity index (χ1) is 14.5. The van der Waals surface area contributed by atoms with Gasteiger partial charge >= 0.3 is 0 Å². The molecule has 0 saturated heterocycles. The van der Waals surface area contributed by atoms with Gasteiger partial charge < -0.3 is 19.8 Å². The molecule has 1 heterocycles. The highest BCUT2D eigenvalue weighted by atomic mass is 79.9. The Balaban J connectivity index is 1.51. The molecule has 1 aromatic heterocycles. The van der Waals surface area contributed by atoms with Gasteiger partial charge in [-0.15, -0.1) is 0 Å². The molecule has 0 atom stereocenters. The van der Waals surface area contributed by atoms with Crippen LogP contribution in [0.3, 0.4) is 0 Å². The second kappa shape index (κ2) is 9.76. The first kappa shape index (κ1) is 21.1. The lowest BCUT2D eigenvalue weighted by atomic mass is 10.2. The first-order valence-electron chi connectivity index (χ1n) is 9.01. The molecule has 8 heteroatoms. The summed E-state index contributed by atoms with van der Waals surface area (Å²) >= 11 is 3.37. The zero-order valence-electron chi connectivity index (χ0n) is 16.1. The number of aryl methyl sites for hydroxylation is 1. The SMILES string of the molecule is Cc1cc(Br)ccc1NC(=O)CNC(=O)c1ccc(COc2ccccc2C#N)o1. The standard InChI is InChI=1S/C22H18BrN3O4/c1-14-10-16(23)6-8-18(14)26-21(27)12-25-22(28)20-9-7-17(30-20)13-29-19-5-3-2-4-15(19)11-24/h2-10H,12-13H2,1H3,(H,25,28)(H,26,27). The van der Waals surface area contributed by atoms with E-state index in [2.05, 4.69) is 26.6 Å². The zero-order valence-corrected chi connectivity index (χ0v) is 17.7. The highest BCUT2D eigenvalue weighted by molar-refractivity contribution is 9.10. The first-order valence-corrected chi connectivity index (χ1v) is 9.80. The van der Waals surface area contributed by atoms with Crippen molar-refractivity contribution in [3.05, 3.63) is 81.7 Å². The molecule has 0 bridgehead atoms. The molecule has 0 aliphatic carbocycles. The van der Waals surface area contributed by atoms with Crippen LogP contribution in [-0.2, 0) is 11.4 Å². The zero-order chi connectivity index (χ0) is 21.5. The summed E-state index contributed by atoms with van der Waals surface area (Å²) in [5.74, 6) is 0.0540. The van der Waals surface area contributed by atoms with Gasteiger partial charge in [0.1, 0.15) is 24.2 Å². The number of rotatable bonds is 7. The maximum Gasteiger partial charge on any atom is 0.287 e. The van der Waals surface area contributed by atoms with E-state index >= 15 is 0 Å². The van der Waals surface area contributed by atoms with E-state index in [1.165, 1.54) is 6.07 Å². The summed E-state index contributed by atoms with van der Waals surface area (Å²) in [7, 11) is 0. The van der Waals surface area contributed by atoms with E-state index in [0.29, 0.717) is 22.8 Å². The van der Waals surface area contributed by atoms with E-state index in [1.54, 1.807) is 36.4 Å². The van der Waals surface area contributed by atoms with Crippen LogP contribution in [0.15, 0.2) is 63.5 Å². The molecule has 2 amide bonds. The van der Waals surface area contributed by atoms with Gasteiger partial charge in [-0.1, -0.05) is 28.1 Å². The highest BCUT2D eigenvalue weighted by Gasteiger charge is 2.14. The van der Waals surface area contributed by atoms with Gasteiger partial charge in [0.25, 0.3) is 5.91 Å². The van der Waals surface area contributed by atoms with Gasteiger partial charge in [0.05, 0.1) is 12.1 Å². The number of carbonyl (C=O) groups is 2. The molecule has 0 spiro atoms. The Morgan fingerprint density at radius 2 is 1.97 bits per heavy atom. The number of amides is 2. The Labute approximate surface area is 181 Å². The van der Waals surface area contributed by atoms with E-state index in [0.717, 1.165) is 10.0 Å². The number of hydrogen-bond donors (Lipinski definition) is 2. The summed E-state index contributed by atoms with van der Waals surface area (Å²) < 4.78 is 12.0. The molecule has 3 aromatic rings. The summed E-state index contributed by atoms with van der Waals surface area (Å²) in [5, 5.41) is 14.3. The van der Waals surface area contributed by atoms with Gasteiger partial charge in [-0.25, -0.2) is 0 Å². The molecular weight excluding hydrogens is 450 g/mol.